The SMILES string of the molecule is Cc1c(C(F)(F)F)cc(NS(=O)(=O)c2ccccc2)n1-c1ccc(F)cc1.Cc1c(C(F)F)cc(NS(=O)(=O)c2ccccc2)n1-c1ccc(F)cc1. The minimum Gasteiger partial charge on any atom is -0.300 e. The molecule has 2 heterocycles. The minimum absolute atomic E-state index is 0.00288. The molecular weight excluding hydrogens is 750 g/mol. The van der Waals surface area contributed by atoms with Crippen LogP contribution in [0.2, 0.25) is 0 Å². The van der Waals surface area contributed by atoms with Crippen LogP contribution in [0.5, 0.6) is 0 Å². The van der Waals surface area contributed by atoms with Gasteiger partial charge in [0.25, 0.3) is 26.5 Å². The molecule has 2 aromatic heterocycles. The molecule has 8 nitrogen and oxygen atoms in total. The van der Waals surface area contributed by atoms with Gasteiger partial charge in [-0.1, -0.05) is 36.4 Å². The van der Waals surface area contributed by atoms with E-state index in [4.69, 9.17) is 0 Å². The van der Waals surface area contributed by atoms with Gasteiger partial charge in [-0.3, -0.25) is 18.6 Å². The summed E-state index contributed by atoms with van der Waals surface area (Å²) < 4.78 is 150. The van der Waals surface area contributed by atoms with Gasteiger partial charge in [0.05, 0.1) is 15.4 Å². The van der Waals surface area contributed by atoms with E-state index in [-0.39, 0.29) is 44.1 Å². The predicted molar refractivity (Wildman–Crippen MR) is 185 cm³/mol. The number of sulfonamides is 2. The van der Waals surface area contributed by atoms with Crippen molar-refractivity contribution in [2.24, 2.45) is 0 Å². The molecule has 53 heavy (non-hydrogen) atoms. The van der Waals surface area contributed by atoms with Crippen LogP contribution in [0.4, 0.5) is 42.4 Å². The van der Waals surface area contributed by atoms with Gasteiger partial charge >= 0.3 is 6.18 Å². The Morgan fingerprint density at radius 1 is 0.566 bits per heavy atom. The second-order valence-corrected chi connectivity index (χ2v) is 14.7. The van der Waals surface area contributed by atoms with Gasteiger partial charge in [0.2, 0.25) is 0 Å². The Labute approximate surface area is 300 Å². The van der Waals surface area contributed by atoms with Gasteiger partial charge in [-0.15, -0.1) is 0 Å². The Morgan fingerprint density at radius 2 is 0.943 bits per heavy atom. The smallest absolute Gasteiger partial charge is 0.300 e. The first kappa shape index (κ1) is 38.7. The normalized spacial score (nSPS) is 12.0. The van der Waals surface area contributed by atoms with Crippen molar-refractivity contribution in [3.63, 3.8) is 0 Å². The molecule has 2 N–H and O–H groups in total. The van der Waals surface area contributed by atoms with Crippen molar-refractivity contribution in [1.29, 1.82) is 0 Å². The molecule has 278 valence electrons. The lowest BCUT2D eigenvalue weighted by molar-refractivity contribution is -0.138. The zero-order valence-corrected chi connectivity index (χ0v) is 29.2. The van der Waals surface area contributed by atoms with Crippen LogP contribution in [0.25, 0.3) is 11.4 Å². The van der Waals surface area contributed by atoms with E-state index in [0.717, 1.165) is 28.8 Å². The summed E-state index contributed by atoms with van der Waals surface area (Å²) in [4.78, 5) is -0.0915. The molecule has 0 saturated carbocycles. The van der Waals surface area contributed by atoms with E-state index < -0.39 is 49.8 Å². The summed E-state index contributed by atoms with van der Waals surface area (Å²) in [7, 11) is -8.08. The summed E-state index contributed by atoms with van der Waals surface area (Å²) in [6, 6.07) is 26.5. The highest BCUT2D eigenvalue weighted by Crippen LogP contribution is 2.38. The first-order valence-electron chi connectivity index (χ1n) is 15.4. The van der Waals surface area contributed by atoms with Crippen molar-refractivity contribution < 1.29 is 47.6 Å². The lowest BCUT2D eigenvalue weighted by Gasteiger charge is -2.14. The van der Waals surface area contributed by atoms with E-state index in [2.05, 4.69) is 9.44 Å². The molecule has 0 aliphatic carbocycles. The fraction of sp³-hybridized carbons (Fsp3) is 0.111. The summed E-state index contributed by atoms with van der Waals surface area (Å²) in [6.07, 6.45) is -7.46. The largest absolute Gasteiger partial charge is 0.418 e. The van der Waals surface area contributed by atoms with Gasteiger partial charge in [-0.05, 0) is 98.8 Å². The number of alkyl halides is 5. The number of aromatic nitrogens is 2. The third-order valence-electron chi connectivity index (χ3n) is 7.83. The van der Waals surface area contributed by atoms with Crippen LogP contribution in [0.3, 0.4) is 0 Å². The van der Waals surface area contributed by atoms with E-state index in [1.165, 1.54) is 91.2 Å². The fourth-order valence-corrected chi connectivity index (χ4v) is 7.45. The Hall–Kier alpha value is -5.55. The molecule has 0 unspecified atom stereocenters. The number of anilines is 2. The number of nitrogens with zero attached hydrogens (tertiary/aromatic N) is 2. The fourth-order valence-electron chi connectivity index (χ4n) is 5.33. The average molecular weight is 779 g/mol. The number of hydrogen-bond donors (Lipinski definition) is 2. The third kappa shape index (κ3) is 8.74. The summed E-state index contributed by atoms with van der Waals surface area (Å²) in [5.74, 6) is -1.39. The quantitative estimate of drug-likeness (QED) is 0.143. The number of benzene rings is 4. The maximum atomic E-state index is 13.3. The van der Waals surface area contributed by atoms with Crippen LogP contribution in [-0.2, 0) is 26.2 Å². The van der Waals surface area contributed by atoms with Crippen LogP contribution in [0.15, 0.2) is 131 Å². The Balaban J connectivity index is 0.000000204. The molecule has 0 saturated heterocycles. The number of halogens is 7. The molecule has 17 heteroatoms. The zero-order chi connectivity index (χ0) is 38.7. The van der Waals surface area contributed by atoms with E-state index >= 15 is 0 Å². The van der Waals surface area contributed by atoms with E-state index in [0.29, 0.717) is 5.69 Å². The van der Waals surface area contributed by atoms with Gasteiger partial charge in [0, 0.05) is 28.3 Å². The van der Waals surface area contributed by atoms with Crippen LogP contribution >= 0.6 is 0 Å². The molecule has 0 radical (unpaired) electrons. The number of hydrogen-bond acceptors (Lipinski definition) is 4. The second kappa shape index (κ2) is 15.2. The summed E-state index contributed by atoms with van der Waals surface area (Å²) in [5, 5.41) is 0. The van der Waals surface area contributed by atoms with E-state index in [1.807, 2.05) is 0 Å². The van der Waals surface area contributed by atoms with Crippen LogP contribution in [-0.4, -0.2) is 26.0 Å². The molecule has 0 spiro atoms. The van der Waals surface area contributed by atoms with Crippen molar-refractivity contribution in [3.05, 3.63) is 155 Å². The van der Waals surface area contributed by atoms with Gasteiger partial charge in [0.1, 0.15) is 23.3 Å². The highest BCUT2D eigenvalue weighted by molar-refractivity contribution is 7.93. The van der Waals surface area contributed by atoms with Crippen molar-refractivity contribution >= 4 is 31.7 Å². The second-order valence-electron chi connectivity index (χ2n) is 11.4. The topological polar surface area (TPSA) is 102 Å². The third-order valence-corrected chi connectivity index (χ3v) is 10.6. The van der Waals surface area contributed by atoms with E-state index in [1.54, 1.807) is 24.3 Å². The molecule has 0 fully saturated rings. The predicted octanol–water partition coefficient (Wildman–Crippen LogP) is 9.41. The van der Waals surface area contributed by atoms with Crippen LogP contribution in [0, 0.1) is 25.5 Å². The molecule has 6 rings (SSSR count). The van der Waals surface area contributed by atoms with Gasteiger partial charge in [-0.25, -0.2) is 34.4 Å². The molecule has 4 aromatic carbocycles. The number of nitrogens with one attached hydrogen (secondary N) is 2. The van der Waals surface area contributed by atoms with Gasteiger partial charge in [0.15, 0.2) is 0 Å². The molecular formula is C36H29F7N4O4S2. The summed E-state index contributed by atoms with van der Waals surface area (Å²) >= 11 is 0. The van der Waals surface area contributed by atoms with Crippen molar-refractivity contribution in [1.82, 2.24) is 9.13 Å². The van der Waals surface area contributed by atoms with Gasteiger partial charge < -0.3 is 0 Å². The molecule has 0 aliphatic heterocycles. The van der Waals surface area contributed by atoms with Crippen LogP contribution in [0.1, 0.15) is 28.9 Å². The van der Waals surface area contributed by atoms with Crippen molar-refractivity contribution in [2.45, 2.75) is 36.2 Å². The molecule has 0 bridgehead atoms. The standard InChI is InChI=1S/C18H14F4N2O2S.C18H15F3N2O2S/c1-12-16(18(20,21)22)11-17(24(12)14-9-7-13(19)8-10-14)23-27(25,26)15-5-3-2-4-6-15;1-12-16(18(20)21)11-17(23(12)14-9-7-13(19)8-10-14)22-26(24,25)15-5-3-2-4-6-15/h2-11,23H,1H3;2-11,18,22H,1H3. The Kier molecular flexibility index (Phi) is 11.1. The lowest BCUT2D eigenvalue weighted by Crippen LogP contribution is -2.15. The highest BCUT2D eigenvalue weighted by Gasteiger charge is 2.36. The Morgan fingerprint density at radius 3 is 1.32 bits per heavy atom. The molecule has 0 amide bonds. The van der Waals surface area contributed by atoms with Crippen molar-refractivity contribution in [3.8, 4) is 11.4 Å². The van der Waals surface area contributed by atoms with Gasteiger partial charge in [-0.2, -0.15) is 13.2 Å². The minimum atomic E-state index is -4.68. The average Bonchev–Trinajstić information content (AvgIpc) is 3.61. The summed E-state index contributed by atoms with van der Waals surface area (Å²) in [6.45, 7) is 2.66. The zero-order valence-electron chi connectivity index (χ0n) is 27.6. The van der Waals surface area contributed by atoms with Crippen LogP contribution < -0.4 is 9.44 Å². The monoisotopic (exact) mass is 778 g/mol. The lowest BCUT2D eigenvalue weighted by atomic mass is 10.2. The first-order valence-corrected chi connectivity index (χ1v) is 18.3. The number of rotatable bonds is 9. The maximum Gasteiger partial charge on any atom is 0.418 e. The van der Waals surface area contributed by atoms with Crippen molar-refractivity contribution in [2.75, 3.05) is 9.44 Å². The Bertz CT molecular complexity index is 2420. The maximum absolute atomic E-state index is 13.3. The highest BCUT2D eigenvalue weighted by atomic mass is 32.2. The first-order chi connectivity index (χ1) is 24.9. The van der Waals surface area contributed by atoms with E-state index in [9.17, 15) is 47.6 Å². The molecule has 6 aromatic rings. The summed E-state index contributed by atoms with van der Waals surface area (Å²) in [5.41, 5.74) is -0.799. The molecule has 0 atom stereocenters. The molecule has 0 aliphatic rings.